The van der Waals surface area contributed by atoms with E-state index in [0.29, 0.717) is 37.5 Å². The van der Waals surface area contributed by atoms with Gasteiger partial charge in [0.2, 0.25) is 0 Å². The van der Waals surface area contributed by atoms with Gasteiger partial charge in [-0.1, -0.05) is 0 Å². The van der Waals surface area contributed by atoms with Gasteiger partial charge in [-0.2, -0.15) is 0 Å². The maximum absolute atomic E-state index is 12.2. The van der Waals surface area contributed by atoms with Gasteiger partial charge < -0.3 is 0 Å². The predicted octanol–water partition coefficient (Wildman–Crippen LogP) is 1.54. The van der Waals surface area contributed by atoms with Crippen molar-refractivity contribution in [3.63, 3.8) is 0 Å². The van der Waals surface area contributed by atoms with Gasteiger partial charge in [0.05, 0.1) is 0 Å². The molecule has 0 aliphatic heterocycles. The van der Waals surface area contributed by atoms with Crippen LogP contribution in [0.25, 0.3) is 0 Å². The molecule has 0 amide bonds. The lowest BCUT2D eigenvalue weighted by molar-refractivity contribution is -0.132. The third-order valence-corrected chi connectivity index (χ3v) is 4.72. The molecule has 3 aliphatic rings. The second-order valence-electron chi connectivity index (χ2n) is 5.51. The zero-order valence-corrected chi connectivity index (χ0v) is 9.28. The second kappa shape index (κ2) is 3.51. The van der Waals surface area contributed by atoms with Gasteiger partial charge in [0, 0.05) is 37.5 Å². The lowest BCUT2D eigenvalue weighted by Gasteiger charge is -2.30. The zero-order valence-electron chi connectivity index (χ0n) is 9.28. The van der Waals surface area contributed by atoms with E-state index in [0.717, 1.165) is 12.8 Å². The van der Waals surface area contributed by atoms with Gasteiger partial charge in [-0.3, -0.25) is 14.4 Å². The van der Waals surface area contributed by atoms with Crippen molar-refractivity contribution in [1.29, 1.82) is 0 Å². The summed E-state index contributed by atoms with van der Waals surface area (Å²) in [6.07, 6.45) is 3.95. The molecule has 0 radical (unpaired) electrons. The summed E-state index contributed by atoms with van der Waals surface area (Å²) in [5.74, 6) is 1.42. The second-order valence-corrected chi connectivity index (χ2v) is 5.51. The Labute approximate surface area is 94.6 Å². The Morgan fingerprint density at radius 1 is 0.750 bits per heavy atom. The van der Waals surface area contributed by atoms with Gasteiger partial charge in [-0.25, -0.2) is 0 Å². The van der Waals surface area contributed by atoms with Crippen LogP contribution in [0, 0.1) is 23.7 Å². The number of carbonyl (C=O) groups excluding carboxylic acids is 3. The SMILES string of the molecule is O=C1CCC2C(C1)C(=O)C1CC(=O)CCC12. The minimum absolute atomic E-state index is 0.0397. The van der Waals surface area contributed by atoms with E-state index in [2.05, 4.69) is 0 Å². The zero-order chi connectivity index (χ0) is 11.3. The fourth-order valence-electron chi connectivity index (χ4n) is 3.98. The van der Waals surface area contributed by atoms with E-state index in [1.54, 1.807) is 0 Å². The van der Waals surface area contributed by atoms with E-state index < -0.39 is 0 Å². The minimum atomic E-state index is -0.0397. The van der Waals surface area contributed by atoms with Crippen LogP contribution in [0.15, 0.2) is 0 Å². The molecule has 0 heterocycles. The van der Waals surface area contributed by atoms with E-state index in [4.69, 9.17) is 0 Å². The number of hydrogen-bond acceptors (Lipinski definition) is 3. The van der Waals surface area contributed by atoms with E-state index in [9.17, 15) is 14.4 Å². The molecule has 16 heavy (non-hydrogen) atoms. The number of ketones is 3. The van der Waals surface area contributed by atoms with Crippen LogP contribution in [-0.2, 0) is 14.4 Å². The molecule has 4 atom stereocenters. The van der Waals surface area contributed by atoms with Crippen molar-refractivity contribution in [2.75, 3.05) is 0 Å². The monoisotopic (exact) mass is 220 g/mol. The predicted molar refractivity (Wildman–Crippen MR) is 56.7 cm³/mol. The molecule has 3 aliphatic carbocycles. The molecule has 3 rings (SSSR count). The van der Waals surface area contributed by atoms with Crippen molar-refractivity contribution in [1.82, 2.24) is 0 Å². The molecule has 4 unspecified atom stereocenters. The maximum atomic E-state index is 12.2. The molecule has 3 nitrogen and oxygen atoms in total. The summed E-state index contributed by atoms with van der Waals surface area (Å²) in [7, 11) is 0. The van der Waals surface area contributed by atoms with Crippen molar-refractivity contribution >= 4 is 17.3 Å². The number of rotatable bonds is 0. The van der Waals surface area contributed by atoms with Crippen molar-refractivity contribution < 1.29 is 14.4 Å². The Morgan fingerprint density at radius 2 is 1.19 bits per heavy atom. The molecule has 3 heteroatoms. The van der Waals surface area contributed by atoms with Crippen molar-refractivity contribution in [2.45, 2.75) is 38.5 Å². The fourth-order valence-corrected chi connectivity index (χ4v) is 3.98. The molecule has 0 aromatic carbocycles. The molecule has 0 N–H and O–H groups in total. The average molecular weight is 220 g/mol. The van der Waals surface area contributed by atoms with Crippen molar-refractivity contribution in [3.8, 4) is 0 Å². The molecule has 0 bridgehead atoms. The highest BCUT2D eigenvalue weighted by atomic mass is 16.1. The first-order chi connectivity index (χ1) is 7.66. The summed E-state index contributed by atoms with van der Waals surface area (Å²) in [4.78, 5) is 35.0. The third-order valence-electron chi connectivity index (χ3n) is 4.72. The van der Waals surface area contributed by atoms with E-state index in [1.807, 2.05) is 0 Å². The van der Waals surface area contributed by atoms with Crippen LogP contribution in [0.2, 0.25) is 0 Å². The fraction of sp³-hybridized carbons (Fsp3) is 0.769. The highest BCUT2D eigenvalue weighted by Gasteiger charge is 2.52. The summed E-state index contributed by atoms with van der Waals surface area (Å²) >= 11 is 0. The lowest BCUT2D eigenvalue weighted by atomic mass is 9.73. The van der Waals surface area contributed by atoms with Crippen LogP contribution in [-0.4, -0.2) is 17.3 Å². The van der Waals surface area contributed by atoms with E-state index in [1.165, 1.54) is 0 Å². The Kier molecular flexibility index (Phi) is 2.23. The Hall–Kier alpha value is -0.990. The molecule has 0 spiro atoms. The molecule has 0 aromatic heterocycles. The van der Waals surface area contributed by atoms with Crippen molar-refractivity contribution in [3.05, 3.63) is 0 Å². The smallest absolute Gasteiger partial charge is 0.140 e. The molecule has 3 fully saturated rings. The Bertz CT molecular complexity index is 337. The number of hydrogen-bond donors (Lipinski definition) is 0. The standard InChI is InChI=1S/C13H16O3/c14-7-1-3-9-10-4-2-8(15)6-12(10)13(16)11(9)5-7/h9-12H,1-6H2. The van der Waals surface area contributed by atoms with Gasteiger partial charge in [0.25, 0.3) is 0 Å². The van der Waals surface area contributed by atoms with Gasteiger partial charge in [0.1, 0.15) is 17.3 Å². The Balaban J connectivity index is 1.87. The number of fused-ring (bicyclic) bond motifs is 3. The lowest BCUT2D eigenvalue weighted by Crippen LogP contribution is -2.27. The normalized spacial score (nSPS) is 43.1. The number of carbonyl (C=O) groups is 3. The molecular formula is C13H16O3. The van der Waals surface area contributed by atoms with Crippen LogP contribution < -0.4 is 0 Å². The quantitative estimate of drug-likeness (QED) is 0.622. The minimum Gasteiger partial charge on any atom is -0.300 e. The van der Waals surface area contributed by atoms with Crippen LogP contribution in [0.1, 0.15) is 38.5 Å². The third kappa shape index (κ3) is 1.37. The van der Waals surface area contributed by atoms with Crippen LogP contribution in [0.3, 0.4) is 0 Å². The summed E-state index contributed by atoms with van der Waals surface area (Å²) in [6.45, 7) is 0. The van der Waals surface area contributed by atoms with Crippen LogP contribution in [0.5, 0.6) is 0 Å². The van der Waals surface area contributed by atoms with Crippen LogP contribution in [0.4, 0.5) is 0 Å². The molecule has 0 aromatic rings. The van der Waals surface area contributed by atoms with Gasteiger partial charge in [-0.15, -0.1) is 0 Å². The van der Waals surface area contributed by atoms with E-state index in [-0.39, 0.29) is 29.2 Å². The van der Waals surface area contributed by atoms with Gasteiger partial charge in [0.15, 0.2) is 0 Å². The maximum Gasteiger partial charge on any atom is 0.140 e. The summed E-state index contributed by atoms with van der Waals surface area (Å²) in [5, 5.41) is 0. The highest BCUT2D eigenvalue weighted by Crippen LogP contribution is 2.50. The van der Waals surface area contributed by atoms with Crippen LogP contribution >= 0.6 is 0 Å². The average Bonchev–Trinajstić information content (AvgIpc) is 2.53. The first-order valence-corrected chi connectivity index (χ1v) is 6.24. The molecule has 86 valence electrons. The van der Waals surface area contributed by atoms with Gasteiger partial charge in [-0.05, 0) is 24.7 Å². The molecule has 3 saturated carbocycles. The van der Waals surface area contributed by atoms with Gasteiger partial charge >= 0.3 is 0 Å². The summed E-state index contributed by atoms with van der Waals surface area (Å²) < 4.78 is 0. The first-order valence-electron chi connectivity index (χ1n) is 6.24. The molecular weight excluding hydrogens is 204 g/mol. The highest BCUT2D eigenvalue weighted by molar-refractivity contribution is 5.96. The Morgan fingerprint density at radius 3 is 1.62 bits per heavy atom. The summed E-state index contributed by atoms with van der Waals surface area (Å²) in [6, 6.07) is 0. The first kappa shape index (κ1) is 10.2. The summed E-state index contributed by atoms with van der Waals surface area (Å²) in [5.41, 5.74) is 0. The topological polar surface area (TPSA) is 51.2 Å². The van der Waals surface area contributed by atoms with Crippen molar-refractivity contribution in [2.24, 2.45) is 23.7 Å². The van der Waals surface area contributed by atoms with E-state index >= 15 is 0 Å². The largest absolute Gasteiger partial charge is 0.300 e. The molecule has 0 saturated heterocycles. The number of Topliss-reactive ketones (excluding diaryl/α,β-unsaturated/α-hetero) is 3.